The predicted octanol–water partition coefficient (Wildman–Crippen LogP) is -0.362. The van der Waals surface area contributed by atoms with E-state index in [0.29, 0.717) is 5.92 Å². The van der Waals surface area contributed by atoms with Crippen LogP contribution >= 0.6 is 0 Å². The van der Waals surface area contributed by atoms with Crippen molar-refractivity contribution < 1.29 is 14.4 Å². The summed E-state index contributed by atoms with van der Waals surface area (Å²) in [6.07, 6.45) is 1.80. The van der Waals surface area contributed by atoms with Crippen molar-refractivity contribution in [1.82, 2.24) is 15.5 Å². The number of hydrogen-bond donors (Lipinski definition) is 2. The largest absolute Gasteiger partial charge is 0.318 e. The predicted molar refractivity (Wildman–Crippen MR) is 69.1 cm³/mol. The first-order chi connectivity index (χ1) is 8.82. The molecule has 2 aliphatic rings. The van der Waals surface area contributed by atoms with Gasteiger partial charge in [-0.05, 0) is 39.2 Å². The molecule has 3 amide bonds. The zero-order valence-corrected chi connectivity index (χ0v) is 11.7. The van der Waals surface area contributed by atoms with E-state index in [1.807, 2.05) is 0 Å². The summed E-state index contributed by atoms with van der Waals surface area (Å²) in [7, 11) is 0. The van der Waals surface area contributed by atoms with Crippen molar-refractivity contribution in [2.24, 2.45) is 5.92 Å². The molecule has 2 N–H and O–H groups in total. The van der Waals surface area contributed by atoms with E-state index in [1.54, 1.807) is 13.8 Å². The lowest BCUT2D eigenvalue weighted by Crippen LogP contribution is -2.68. The van der Waals surface area contributed by atoms with Crippen LogP contribution in [0.2, 0.25) is 0 Å². The highest BCUT2D eigenvalue weighted by Crippen LogP contribution is 2.23. The van der Waals surface area contributed by atoms with E-state index in [1.165, 1.54) is 4.90 Å². The molecule has 106 valence electrons. The van der Waals surface area contributed by atoms with Crippen molar-refractivity contribution >= 4 is 17.7 Å². The monoisotopic (exact) mass is 267 g/mol. The third kappa shape index (κ3) is 2.63. The smallest absolute Gasteiger partial charge is 0.252 e. The summed E-state index contributed by atoms with van der Waals surface area (Å²) >= 11 is 0. The van der Waals surface area contributed by atoms with Crippen LogP contribution in [0.1, 0.15) is 33.6 Å². The lowest BCUT2D eigenvalue weighted by atomic mass is 9.91. The molecule has 0 aromatic heterocycles. The molecule has 2 aliphatic heterocycles. The van der Waals surface area contributed by atoms with Gasteiger partial charge in [-0.2, -0.15) is 0 Å². The molecule has 6 heteroatoms. The second-order valence-corrected chi connectivity index (χ2v) is 6.00. The number of hydrogen-bond acceptors (Lipinski definition) is 4. The Bertz CT molecular complexity index is 419. The molecular formula is C13H21N3O3. The fraction of sp³-hybridized carbons (Fsp3) is 0.769. The average Bonchev–Trinajstić information content (AvgIpc) is 2.33. The molecule has 0 aromatic rings. The maximum absolute atomic E-state index is 12.5. The van der Waals surface area contributed by atoms with E-state index in [2.05, 4.69) is 17.6 Å². The van der Waals surface area contributed by atoms with Gasteiger partial charge in [-0.1, -0.05) is 6.92 Å². The topological polar surface area (TPSA) is 78.5 Å². The van der Waals surface area contributed by atoms with Gasteiger partial charge in [-0.15, -0.1) is 0 Å². The second-order valence-electron chi connectivity index (χ2n) is 6.00. The van der Waals surface area contributed by atoms with E-state index in [9.17, 15) is 14.4 Å². The molecular weight excluding hydrogens is 246 g/mol. The highest BCUT2D eigenvalue weighted by Gasteiger charge is 2.45. The standard InChI is InChI=1S/C13H21N3O3/c1-8-4-5-14-9(6-8)11(18)16-7-10(17)15-12(19)13(16,2)3/h8-9,14H,4-7H2,1-3H3,(H,15,17,19). The van der Waals surface area contributed by atoms with Crippen LogP contribution in [0.3, 0.4) is 0 Å². The van der Waals surface area contributed by atoms with Crippen LogP contribution in [-0.2, 0) is 14.4 Å². The van der Waals surface area contributed by atoms with E-state index in [-0.39, 0.29) is 18.5 Å². The van der Waals surface area contributed by atoms with E-state index < -0.39 is 17.4 Å². The van der Waals surface area contributed by atoms with Crippen molar-refractivity contribution in [1.29, 1.82) is 0 Å². The molecule has 6 nitrogen and oxygen atoms in total. The highest BCUT2D eigenvalue weighted by molar-refractivity contribution is 6.06. The van der Waals surface area contributed by atoms with Crippen LogP contribution < -0.4 is 10.6 Å². The van der Waals surface area contributed by atoms with Crippen molar-refractivity contribution in [3.8, 4) is 0 Å². The Morgan fingerprint density at radius 3 is 2.68 bits per heavy atom. The number of carbonyl (C=O) groups is 3. The third-order valence-electron chi connectivity index (χ3n) is 4.02. The fourth-order valence-electron chi connectivity index (χ4n) is 2.62. The number of carbonyl (C=O) groups excluding carboxylic acids is 3. The zero-order valence-electron chi connectivity index (χ0n) is 11.7. The number of piperidine rings is 1. The molecule has 2 rings (SSSR count). The number of imide groups is 1. The molecule has 0 bridgehead atoms. The fourth-order valence-corrected chi connectivity index (χ4v) is 2.62. The Balaban J connectivity index is 2.16. The molecule has 2 unspecified atom stereocenters. The normalized spacial score (nSPS) is 31.0. The van der Waals surface area contributed by atoms with E-state index in [0.717, 1.165) is 19.4 Å². The van der Waals surface area contributed by atoms with Gasteiger partial charge in [-0.25, -0.2) is 0 Å². The lowest BCUT2D eigenvalue weighted by Gasteiger charge is -2.42. The van der Waals surface area contributed by atoms with E-state index >= 15 is 0 Å². The first-order valence-corrected chi connectivity index (χ1v) is 6.71. The summed E-state index contributed by atoms with van der Waals surface area (Å²) in [5, 5.41) is 5.45. The number of rotatable bonds is 1. The highest BCUT2D eigenvalue weighted by atomic mass is 16.2. The van der Waals surface area contributed by atoms with Gasteiger partial charge >= 0.3 is 0 Å². The van der Waals surface area contributed by atoms with Gasteiger partial charge < -0.3 is 10.2 Å². The van der Waals surface area contributed by atoms with Gasteiger partial charge in [-0.3, -0.25) is 19.7 Å². The number of nitrogens with one attached hydrogen (secondary N) is 2. The summed E-state index contributed by atoms with van der Waals surface area (Å²) < 4.78 is 0. The zero-order chi connectivity index (χ0) is 14.2. The van der Waals surface area contributed by atoms with Gasteiger partial charge in [0.1, 0.15) is 12.1 Å². The maximum Gasteiger partial charge on any atom is 0.252 e. The summed E-state index contributed by atoms with van der Waals surface area (Å²) in [6, 6.07) is -0.290. The van der Waals surface area contributed by atoms with Crippen LogP contribution in [-0.4, -0.2) is 47.3 Å². The van der Waals surface area contributed by atoms with Gasteiger partial charge in [0.2, 0.25) is 11.8 Å². The summed E-state index contributed by atoms with van der Waals surface area (Å²) in [4.78, 5) is 37.2. The van der Waals surface area contributed by atoms with Crippen LogP contribution in [0, 0.1) is 5.92 Å². The van der Waals surface area contributed by atoms with Gasteiger partial charge in [0.05, 0.1) is 6.04 Å². The van der Waals surface area contributed by atoms with Crippen molar-refractivity contribution in [3.63, 3.8) is 0 Å². The molecule has 0 radical (unpaired) electrons. The van der Waals surface area contributed by atoms with Crippen molar-refractivity contribution in [3.05, 3.63) is 0 Å². The third-order valence-corrected chi connectivity index (χ3v) is 4.02. The molecule has 0 saturated carbocycles. The van der Waals surface area contributed by atoms with Crippen LogP contribution in [0.25, 0.3) is 0 Å². The summed E-state index contributed by atoms with van der Waals surface area (Å²) in [6.45, 7) is 6.19. The minimum atomic E-state index is -0.979. The Morgan fingerprint density at radius 2 is 2.05 bits per heavy atom. The molecule has 2 heterocycles. The van der Waals surface area contributed by atoms with Gasteiger partial charge in [0.15, 0.2) is 0 Å². The van der Waals surface area contributed by atoms with Crippen molar-refractivity contribution in [2.45, 2.75) is 45.2 Å². The number of nitrogens with zero attached hydrogens (tertiary/aromatic N) is 1. The summed E-state index contributed by atoms with van der Waals surface area (Å²) in [5.41, 5.74) is -0.979. The molecule has 0 spiro atoms. The Morgan fingerprint density at radius 1 is 1.37 bits per heavy atom. The quantitative estimate of drug-likeness (QED) is 0.636. The lowest BCUT2D eigenvalue weighted by molar-refractivity contribution is -0.157. The molecule has 0 aliphatic carbocycles. The van der Waals surface area contributed by atoms with Gasteiger partial charge in [0, 0.05) is 0 Å². The molecule has 2 saturated heterocycles. The average molecular weight is 267 g/mol. The number of piperazine rings is 1. The Kier molecular flexibility index (Phi) is 3.62. The minimum Gasteiger partial charge on any atom is -0.318 e. The minimum absolute atomic E-state index is 0.0515. The van der Waals surface area contributed by atoms with Gasteiger partial charge in [0.25, 0.3) is 5.91 Å². The number of amides is 3. The first kappa shape index (κ1) is 14.0. The molecule has 0 aromatic carbocycles. The Labute approximate surface area is 112 Å². The van der Waals surface area contributed by atoms with Crippen molar-refractivity contribution in [2.75, 3.05) is 13.1 Å². The van der Waals surface area contributed by atoms with Crippen LogP contribution in [0.5, 0.6) is 0 Å². The SMILES string of the molecule is CC1CCNC(C(=O)N2CC(=O)NC(=O)C2(C)C)C1. The molecule has 2 atom stereocenters. The Hall–Kier alpha value is -1.43. The van der Waals surface area contributed by atoms with E-state index in [4.69, 9.17) is 0 Å². The maximum atomic E-state index is 12.5. The summed E-state index contributed by atoms with van der Waals surface area (Å²) in [5.74, 6) is -0.505. The second kappa shape index (κ2) is 4.92. The molecule has 19 heavy (non-hydrogen) atoms. The first-order valence-electron chi connectivity index (χ1n) is 6.71. The van der Waals surface area contributed by atoms with Crippen LogP contribution in [0.4, 0.5) is 0 Å². The molecule has 2 fully saturated rings. The van der Waals surface area contributed by atoms with Crippen LogP contribution in [0.15, 0.2) is 0 Å².